The van der Waals surface area contributed by atoms with Crippen LogP contribution in [0, 0.1) is 17.6 Å². The molecule has 1 aromatic rings. The molecule has 1 aliphatic rings. The van der Waals surface area contributed by atoms with E-state index >= 15 is 0 Å². The van der Waals surface area contributed by atoms with Crippen molar-refractivity contribution in [1.29, 1.82) is 0 Å². The monoisotopic (exact) mass is 353 g/mol. The first-order chi connectivity index (χ1) is 12.0. The van der Waals surface area contributed by atoms with Crippen molar-refractivity contribution in [2.45, 2.75) is 44.9 Å². The normalized spacial score (nSPS) is 15.0. The number of nitrogens with zero attached hydrogens (tertiary/aromatic N) is 1. The van der Waals surface area contributed by atoms with Gasteiger partial charge in [0.05, 0.1) is 0 Å². The maximum atomic E-state index is 13.5. The third kappa shape index (κ3) is 5.69. The average molecular weight is 353 g/mol. The first-order valence-corrected chi connectivity index (χ1v) is 8.76. The number of hydrogen-bond donors (Lipinski definition) is 2. The smallest absolute Gasteiger partial charge is 0.321 e. The number of benzene rings is 1. The Balaban J connectivity index is 1.83. The maximum absolute atomic E-state index is 13.5. The highest BCUT2D eigenvalue weighted by Gasteiger charge is 2.21. The second-order valence-corrected chi connectivity index (χ2v) is 6.45. The Labute approximate surface area is 146 Å². The summed E-state index contributed by atoms with van der Waals surface area (Å²) in [6, 6.07) is 2.68. The van der Waals surface area contributed by atoms with Gasteiger partial charge in [0.2, 0.25) is 5.91 Å². The predicted octanol–water partition coefficient (Wildman–Crippen LogP) is 3.64. The Morgan fingerprint density at radius 1 is 1.16 bits per heavy atom. The van der Waals surface area contributed by atoms with E-state index in [0.29, 0.717) is 5.92 Å². The van der Waals surface area contributed by atoms with Crippen LogP contribution < -0.4 is 11.1 Å². The van der Waals surface area contributed by atoms with Crippen LogP contribution in [0.5, 0.6) is 0 Å². The number of urea groups is 1. The topological polar surface area (TPSA) is 75.4 Å². The summed E-state index contributed by atoms with van der Waals surface area (Å²) in [4.78, 5) is 24.7. The molecule has 0 aliphatic heterocycles. The van der Waals surface area contributed by atoms with Crippen LogP contribution in [0.1, 0.15) is 44.9 Å². The Bertz CT molecular complexity index is 584. The summed E-state index contributed by atoms with van der Waals surface area (Å²) < 4.78 is 27.1. The number of carbonyl (C=O) groups excluding carboxylic acids is 2. The van der Waals surface area contributed by atoms with E-state index in [1.165, 1.54) is 25.3 Å². The van der Waals surface area contributed by atoms with Gasteiger partial charge < -0.3 is 11.1 Å². The van der Waals surface area contributed by atoms with Crippen molar-refractivity contribution in [3.8, 4) is 0 Å². The van der Waals surface area contributed by atoms with Gasteiger partial charge in [-0.2, -0.15) is 0 Å². The van der Waals surface area contributed by atoms with Gasteiger partial charge in [-0.1, -0.05) is 38.2 Å². The van der Waals surface area contributed by atoms with E-state index in [0.717, 1.165) is 36.3 Å². The summed E-state index contributed by atoms with van der Waals surface area (Å²) in [5.41, 5.74) is 5.00. The highest BCUT2D eigenvalue weighted by molar-refractivity contribution is 5.93. The molecular formula is C18H25F2N3O2. The van der Waals surface area contributed by atoms with Gasteiger partial charge in [-0.3, -0.25) is 9.69 Å². The Kier molecular flexibility index (Phi) is 7.16. The van der Waals surface area contributed by atoms with Crippen LogP contribution in [0.4, 0.5) is 19.3 Å². The standard InChI is InChI=1S/C18H25F2N3O2/c19-14-7-4-8-15(20)17(14)22-11-12-23(18(21)25)16(24)10-9-13-5-2-1-3-6-13/h4,7-8,13,22H,1-3,5-6,9-12H2,(H2,21,25). The molecule has 25 heavy (non-hydrogen) atoms. The average Bonchev–Trinajstić information content (AvgIpc) is 2.59. The first kappa shape index (κ1) is 19.1. The zero-order valence-electron chi connectivity index (χ0n) is 14.3. The molecule has 138 valence electrons. The number of nitrogens with two attached hydrogens (primary N) is 1. The second-order valence-electron chi connectivity index (χ2n) is 6.45. The van der Waals surface area contributed by atoms with E-state index in [2.05, 4.69) is 5.32 Å². The molecule has 5 nitrogen and oxygen atoms in total. The quantitative estimate of drug-likeness (QED) is 0.786. The minimum Gasteiger partial charge on any atom is -0.378 e. The zero-order chi connectivity index (χ0) is 18.2. The Morgan fingerprint density at radius 2 is 1.80 bits per heavy atom. The zero-order valence-corrected chi connectivity index (χ0v) is 14.3. The molecule has 1 saturated carbocycles. The van der Waals surface area contributed by atoms with E-state index in [1.54, 1.807) is 0 Å². The largest absolute Gasteiger partial charge is 0.378 e. The summed E-state index contributed by atoms with van der Waals surface area (Å²) >= 11 is 0. The van der Waals surface area contributed by atoms with Crippen molar-refractivity contribution < 1.29 is 18.4 Å². The van der Waals surface area contributed by atoms with Crippen LogP contribution in [0.25, 0.3) is 0 Å². The highest BCUT2D eigenvalue weighted by Crippen LogP contribution is 2.27. The predicted molar refractivity (Wildman–Crippen MR) is 92.0 cm³/mol. The number of rotatable bonds is 7. The van der Waals surface area contributed by atoms with Crippen LogP contribution >= 0.6 is 0 Å². The van der Waals surface area contributed by atoms with Gasteiger partial charge in [0.15, 0.2) is 0 Å². The summed E-state index contributed by atoms with van der Waals surface area (Å²) in [6.07, 6.45) is 6.89. The van der Waals surface area contributed by atoms with Crippen molar-refractivity contribution >= 4 is 17.6 Å². The summed E-state index contributed by atoms with van der Waals surface area (Å²) in [7, 11) is 0. The number of carbonyl (C=O) groups is 2. The number of halogens is 2. The number of anilines is 1. The molecule has 0 atom stereocenters. The fraction of sp³-hybridized carbons (Fsp3) is 0.556. The SMILES string of the molecule is NC(=O)N(CCNc1c(F)cccc1F)C(=O)CCC1CCCCC1. The fourth-order valence-electron chi connectivity index (χ4n) is 3.26. The Morgan fingerprint density at radius 3 is 2.40 bits per heavy atom. The van der Waals surface area contributed by atoms with Crippen LogP contribution in [0.15, 0.2) is 18.2 Å². The summed E-state index contributed by atoms with van der Waals surface area (Å²) in [5, 5.41) is 2.58. The number of nitrogens with one attached hydrogen (secondary N) is 1. The third-order valence-electron chi connectivity index (χ3n) is 4.66. The maximum Gasteiger partial charge on any atom is 0.321 e. The molecule has 0 aromatic heterocycles. The lowest BCUT2D eigenvalue weighted by atomic mass is 9.86. The number of para-hydroxylation sites is 1. The van der Waals surface area contributed by atoms with Crippen molar-refractivity contribution in [2.75, 3.05) is 18.4 Å². The summed E-state index contributed by atoms with van der Waals surface area (Å²) in [5.74, 6) is -1.27. The molecule has 3 amide bonds. The van der Waals surface area contributed by atoms with Crippen molar-refractivity contribution in [2.24, 2.45) is 11.7 Å². The van der Waals surface area contributed by atoms with Gasteiger partial charge in [-0.05, 0) is 24.5 Å². The van der Waals surface area contributed by atoms with Gasteiger partial charge >= 0.3 is 6.03 Å². The van der Waals surface area contributed by atoms with Gasteiger partial charge in [-0.25, -0.2) is 13.6 Å². The lowest BCUT2D eigenvalue weighted by Gasteiger charge is -2.23. The van der Waals surface area contributed by atoms with E-state index in [9.17, 15) is 18.4 Å². The summed E-state index contributed by atoms with van der Waals surface area (Å²) in [6.45, 7) is -0.0113. The van der Waals surface area contributed by atoms with E-state index in [4.69, 9.17) is 5.73 Å². The molecule has 0 heterocycles. The highest BCUT2D eigenvalue weighted by atomic mass is 19.1. The molecular weight excluding hydrogens is 328 g/mol. The first-order valence-electron chi connectivity index (χ1n) is 8.76. The number of primary amides is 1. The van der Waals surface area contributed by atoms with Crippen LogP contribution in [0.2, 0.25) is 0 Å². The van der Waals surface area contributed by atoms with E-state index in [-0.39, 0.29) is 31.1 Å². The molecule has 2 rings (SSSR count). The lowest BCUT2D eigenvalue weighted by molar-refractivity contribution is -0.128. The molecule has 1 fully saturated rings. The Hall–Kier alpha value is -2.18. The van der Waals surface area contributed by atoms with Gasteiger partial charge in [-0.15, -0.1) is 0 Å². The van der Waals surface area contributed by atoms with Crippen molar-refractivity contribution in [1.82, 2.24) is 4.90 Å². The van der Waals surface area contributed by atoms with E-state index < -0.39 is 17.7 Å². The number of imide groups is 1. The second kappa shape index (κ2) is 9.34. The van der Waals surface area contributed by atoms with Gasteiger partial charge in [0, 0.05) is 19.5 Å². The molecule has 0 spiro atoms. The molecule has 1 aromatic carbocycles. The van der Waals surface area contributed by atoms with E-state index in [1.807, 2.05) is 0 Å². The van der Waals surface area contributed by atoms with Crippen LogP contribution in [-0.2, 0) is 4.79 Å². The number of amides is 3. The number of hydrogen-bond acceptors (Lipinski definition) is 3. The molecule has 3 N–H and O–H groups in total. The molecule has 1 aliphatic carbocycles. The fourth-order valence-corrected chi connectivity index (χ4v) is 3.26. The molecule has 0 saturated heterocycles. The van der Waals surface area contributed by atoms with Crippen molar-refractivity contribution in [3.05, 3.63) is 29.8 Å². The molecule has 0 bridgehead atoms. The minimum atomic E-state index is -0.843. The van der Waals surface area contributed by atoms with Gasteiger partial charge in [0.1, 0.15) is 17.3 Å². The van der Waals surface area contributed by atoms with Crippen LogP contribution in [-0.4, -0.2) is 29.9 Å². The van der Waals surface area contributed by atoms with Crippen molar-refractivity contribution in [3.63, 3.8) is 0 Å². The molecule has 7 heteroatoms. The third-order valence-corrected chi connectivity index (χ3v) is 4.66. The molecule has 0 radical (unpaired) electrons. The minimum absolute atomic E-state index is 0.0238. The van der Waals surface area contributed by atoms with Gasteiger partial charge in [0.25, 0.3) is 0 Å². The lowest BCUT2D eigenvalue weighted by Crippen LogP contribution is -2.43. The molecule has 0 unspecified atom stereocenters. The van der Waals surface area contributed by atoms with Crippen LogP contribution in [0.3, 0.4) is 0 Å².